The molecule has 206 valence electrons. The van der Waals surface area contributed by atoms with Gasteiger partial charge in [-0.3, -0.25) is 4.79 Å². The van der Waals surface area contributed by atoms with Gasteiger partial charge in [0, 0.05) is 23.0 Å². The summed E-state index contributed by atoms with van der Waals surface area (Å²) < 4.78 is 33.8. The van der Waals surface area contributed by atoms with Crippen LogP contribution in [0.1, 0.15) is 37.5 Å². The Kier molecular flexibility index (Phi) is 7.85. The van der Waals surface area contributed by atoms with Crippen molar-refractivity contribution in [3.8, 4) is 11.1 Å². The number of amides is 1. The van der Waals surface area contributed by atoms with Crippen molar-refractivity contribution < 1.29 is 22.7 Å². The molecule has 0 aliphatic heterocycles. The minimum atomic E-state index is -4.14. The maximum Gasteiger partial charge on any atom is 0.356 e. The van der Waals surface area contributed by atoms with Gasteiger partial charge in [-0.2, -0.15) is 0 Å². The number of nitrogens with zero attached hydrogens (tertiary/aromatic N) is 1. The van der Waals surface area contributed by atoms with Gasteiger partial charge in [0.25, 0.3) is 15.9 Å². The molecule has 0 spiro atoms. The number of aromatic nitrogens is 1. The highest BCUT2D eigenvalue weighted by Gasteiger charge is 2.26. The van der Waals surface area contributed by atoms with Gasteiger partial charge in [0.15, 0.2) is 0 Å². The smallest absolute Gasteiger partial charge is 0.356 e. The number of benzene rings is 4. The molecule has 0 unspecified atom stereocenters. The lowest BCUT2D eigenvalue weighted by Gasteiger charge is -2.11. The van der Waals surface area contributed by atoms with Crippen molar-refractivity contribution in [2.24, 2.45) is 0 Å². The first-order valence-corrected chi connectivity index (χ1v) is 14.4. The molecule has 0 bridgehead atoms. The predicted molar refractivity (Wildman–Crippen MR) is 158 cm³/mol. The number of hydrogen-bond donors (Lipinski definition) is 1. The van der Waals surface area contributed by atoms with Crippen LogP contribution in [-0.2, 0) is 21.4 Å². The third-order valence-corrected chi connectivity index (χ3v) is 8.24. The van der Waals surface area contributed by atoms with E-state index in [2.05, 4.69) is 5.32 Å². The average Bonchev–Trinajstić information content (AvgIpc) is 3.45. The number of hydrogen-bond acceptors (Lipinski definition) is 5. The summed E-state index contributed by atoms with van der Waals surface area (Å²) in [5.74, 6) is -1.10. The molecule has 0 fully saturated rings. The standard InChI is InChI=1S/C33H28N2O5S/c1-23-11-15-29(16-12-23)34-32(36)27-10-6-9-26(19-27)28-20-31(33(37)40-22-25-7-4-3-5-8-25)35(21-28)41(38,39)30-17-13-24(2)14-18-30/h3-21H,22H2,1-2H3,(H,34,36). The molecule has 1 aromatic heterocycles. The third-order valence-electron chi connectivity index (χ3n) is 6.55. The van der Waals surface area contributed by atoms with E-state index >= 15 is 0 Å². The summed E-state index contributed by atoms with van der Waals surface area (Å²) in [6.07, 6.45) is 1.38. The fourth-order valence-electron chi connectivity index (χ4n) is 4.25. The van der Waals surface area contributed by atoms with Gasteiger partial charge in [0.1, 0.15) is 12.3 Å². The van der Waals surface area contributed by atoms with E-state index in [1.54, 1.807) is 36.4 Å². The number of carbonyl (C=O) groups is 2. The topological polar surface area (TPSA) is 94.5 Å². The van der Waals surface area contributed by atoms with Crippen LogP contribution in [0.2, 0.25) is 0 Å². The monoisotopic (exact) mass is 564 g/mol. The Balaban J connectivity index is 1.50. The van der Waals surface area contributed by atoms with E-state index < -0.39 is 16.0 Å². The maximum atomic E-state index is 13.7. The lowest BCUT2D eigenvalue weighted by Crippen LogP contribution is -2.19. The molecule has 5 rings (SSSR count). The van der Waals surface area contributed by atoms with E-state index in [4.69, 9.17) is 4.74 Å². The average molecular weight is 565 g/mol. The normalized spacial score (nSPS) is 11.2. The number of esters is 1. The number of anilines is 1. The minimum absolute atomic E-state index is 0.0145. The molecule has 1 heterocycles. The molecule has 0 saturated carbocycles. The molecule has 1 N–H and O–H groups in total. The van der Waals surface area contributed by atoms with Crippen molar-refractivity contribution in [3.05, 3.63) is 143 Å². The third kappa shape index (κ3) is 6.28. The molecule has 0 saturated heterocycles. The van der Waals surface area contributed by atoms with Gasteiger partial charge in [-0.05, 0) is 67.4 Å². The van der Waals surface area contributed by atoms with Crippen molar-refractivity contribution in [1.29, 1.82) is 0 Å². The molecule has 0 atom stereocenters. The molecule has 0 aliphatic rings. The van der Waals surface area contributed by atoms with Crippen molar-refractivity contribution in [2.75, 3.05) is 5.32 Å². The van der Waals surface area contributed by atoms with E-state index in [9.17, 15) is 18.0 Å². The number of rotatable bonds is 8. The summed E-state index contributed by atoms with van der Waals surface area (Å²) in [5.41, 5.74) is 4.65. The van der Waals surface area contributed by atoms with Gasteiger partial charge in [0.2, 0.25) is 0 Å². The quantitative estimate of drug-likeness (QED) is 0.214. The zero-order valence-electron chi connectivity index (χ0n) is 22.6. The summed E-state index contributed by atoms with van der Waals surface area (Å²) in [6, 6.07) is 31.2. The highest BCUT2D eigenvalue weighted by atomic mass is 32.2. The summed E-state index contributed by atoms with van der Waals surface area (Å²) in [5, 5.41) is 2.87. The van der Waals surface area contributed by atoms with Crippen LogP contribution in [0.25, 0.3) is 11.1 Å². The molecule has 0 radical (unpaired) electrons. The number of carbonyl (C=O) groups excluding carboxylic acids is 2. The summed E-state index contributed by atoms with van der Waals surface area (Å²) >= 11 is 0. The fraction of sp³-hybridized carbons (Fsp3) is 0.0909. The Morgan fingerprint density at radius 2 is 1.41 bits per heavy atom. The molecule has 41 heavy (non-hydrogen) atoms. The second-order valence-electron chi connectivity index (χ2n) is 9.69. The van der Waals surface area contributed by atoms with Gasteiger partial charge in [-0.15, -0.1) is 0 Å². The molecule has 1 amide bonds. The highest BCUT2D eigenvalue weighted by Crippen LogP contribution is 2.28. The van der Waals surface area contributed by atoms with Crippen LogP contribution < -0.4 is 5.32 Å². The largest absolute Gasteiger partial charge is 0.456 e. The van der Waals surface area contributed by atoms with Gasteiger partial charge in [-0.1, -0.05) is 77.9 Å². The van der Waals surface area contributed by atoms with E-state index in [0.29, 0.717) is 22.4 Å². The lowest BCUT2D eigenvalue weighted by molar-refractivity contribution is 0.0464. The van der Waals surface area contributed by atoms with Crippen LogP contribution in [0.4, 0.5) is 5.69 Å². The summed E-state index contributed by atoms with van der Waals surface area (Å²) in [4.78, 5) is 26.3. The van der Waals surface area contributed by atoms with Crippen molar-refractivity contribution in [3.63, 3.8) is 0 Å². The van der Waals surface area contributed by atoms with E-state index in [0.717, 1.165) is 20.7 Å². The molecule has 0 aliphatic carbocycles. The van der Waals surface area contributed by atoms with Crippen LogP contribution in [0.5, 0.6) is 0 Å². The minimum Gasteiger partial charge on any atom is -0.456 e. The Morgan fingerprint density at radius 3 is 2.10 bits per heavy atom. The highest BCUT2D eigenvalue weighted by molar-refractivity contribution is 7.90. The number of ether oxygens (including phenoxy) is 1. The Morgan fingerprint density at radius 1 is 0.756 bits per heavy atom. The van der Waals surface area contributed by atoms with Gasteiger partial charge >= 0.3 is 5.97 Å². The van der Waals surface area contributed by atoms with Gasteiger partial charge < -0.3 is 10.1 Å². The van der Waals surface area contributed by atoms with Crippen LogP contribution in [-0.4, -0.2) is 24.3 Å². The van der Waals surface area contributed by atoms with Gasteiger partial charge in [0.05, 0.1) is 4.90 Å². The first kappa shape index (κ1) is 27.6. The number of aryl methyl sites for hydroxylation is 2. The molecule has 7 nitrogen and oxygen atoms in total. The Labute approximate surface area is 239 Å². The van der Waals surface area contributed by atoms with Gasteiger partial charge in [-0.25, -0.2) is 17.2 Å². The van der Waals surface area contributed by atoms with E-state index in [-0.39, 0.29) is 23.1 Å². The van der Waals surface area contributed by atoms with E-state index in [1.165, 1.54) is 24.4 Å². The van der Waals surface area contributed by atoms with Crippen LogP contribution >= 0.6 is 0 Å². The molecular formula is C33H28N2O5S. The first-order chi connectivity index (χ1) is 19.7. The van der Waals surface area contributed by atoms with Crippen LogP contribution in [0.15, 0.2) is 120 Å². The number of nitrogens with one attached hydrogen (secondary N) is 1. The fourth-order valence-corrected chi connectivity index (χ4v) is 5.60. The molecule has 8 heteroatoms. The molecule has 4 aromatic carbocycles. The first-order valence-electron chi connectivity index (χ1n) is 12.9. The molecular weight excluding hydrogens is 536 g/mol. The van der Waals surface area contributed by atoms with E-state index in [1.807, 2.05) is 68.4 Å². The second-order valence-corrected chi connectivity index (χ2v) is 11.5. The summed E-state index contributed by atoms with van der Waals surface area (Å²) in [7, 11) is -4.14. The predicted octanol–water partition coefficient (Wildman–Crippen LogP) is 6.62. The molecule has 5 aromatic rings. The van der Waals surface area contributed by atoms with Crippen LogP contribution in [0, 0.1) is 13.8 Å². The maximum absolute atomic E-state index is 13.7. The van der Waals surface area contributed by atoms with Crippen molar-refractivity contribution in [2.45, 2.75) is 25.3 Å². The lowest BCUT2D eigenvalue weighted by atomic mass is 10.0. The SMILES string of the molecule is Cc1ccc(NC(=O)c2cccc(-c3cc(C(=O)OCc4ccccc4)n(S(=O)(=O)c4ccc(C)cc4)c3)c2)cc1. The Hall–Kier alpha value is -4.95. The Bertz CT molecular complexity index is 1810. The van der Waals surface area contributed by atoms with Crippen molar-refractivity contribution >= 4 is 27.6 Å². The van der Waals surface area contributed by atoms with Crippen LogP contribution in [0.3, 0.4) is 0 Å². The van der Waals surface area contributed by atoms with Crippen molar-refractivity contribution in [1.82, 2.24) is 3.97 Å². The summed E-state index contributed by atoms with van der Waals surface area (Å²) in [6.45, 7) is 3.81. The second kappa shape index (κ2) is 11.7. The zero-order valence-corrected chi connectivity index (χ0v) is 23.4. The zero-order chi connectivity index (χ0) is 29.0.